The summed E-state index contributed by atoms with van der Waals surface area (Å²) in [5.74, 6) is 0.707. The Morgan fingerprint density at radius 2 is 1.87 bits per heavy atom. The van der Waals surface area contributed by atoms with E-state index < -0.39 is 0 Å². The van der Waals surface area contributed by atoms with Crippen molar-refractivity contribution < 1.29 is 9.84 Å². The quantitative estimate of drug-likeness (QED) is 0.631. The molecule has 0 aromatic rings. The third-order valence-corrected chi connectivity index (χ3v) is 3.45. The van der Waals surface area contributed by atoms with Gasteiger partial charge in [0.2, 0.25) is 0 Å². The van der Waals surface area contributed by atoms with E-state index >= 15 is 0 Å². The SMILES string of the molecule is CCC(O)COCCCC(C)(C)C(C)C. The Morgan fingerprint density at radius 1 is 1.27 bits per heavy atom. The van der Waals surface area contributed by atoms with E-state index in [1.54, 1.807) is 0 Å². The second kappa shape index (κ2) is 7.24. The van der Waals surface area contributed by atoms with Crippen molar-refractivity contribution in [3.63, 3.8) is 0 Å². The van der Waals surface area contributed by atoms with Crippen molar-refractivity contribution in [3.8, 4) is 0 Å². The van der Waals surface area contributed by atoms with E-state index in [4.69, 9.17) is 4.74 Å². The number of hydrogen-bond acceptors (Lipinski definition) is 2. The van der Waals surface area contributed by atoms with E-state index in [-0.39, 0.29) is 6.10 Å². The molecule has 0 aliphatic rings. The van der Waals surface area contributed by atoms with Gasteiger partial charge < -0.3 is 9.84 Å². The molecule has 2 heteroatoms. The lowest BCUT2D eigenvalue weighted by atomic mass is 9.77. The zero-order valence-corrected chi connectivity index (χ0v) is 11.0. The van der Waals surface area contributed by atoms with Crippen molar-refractivity contribution in [2.24, 2.45) is 11.3 Å². The van der Waals surface area contributed by atoms with Gasteiger partial charge in [0.1, 0.15) is 0 Å². The lowest BCUT2D eigenvalue weighted by molar-refractivity contribution is 0.0295. The second-order valence-electron chi connectivity index (χ2n) is 5.38. The summed E-state index contributed by atoms with van der Waals surface area (Å²) in [7, 11) is 0. The molecule has 0 aliphatic heterocycles. The third-order valence-electron chi connectivity index (χ3n) is 3.45. The molecule has 0 saturated heterocycles. The number of ether oxygens (including phenoxy) is 1. The summed E-state index contributed by atoms with van der Waals surface area (Å²) < 4.78 is 5.41. The molecule has 0 aliphatic carbocycles. The van der Waals surface area contributed by atoms with Crippen LogP contribution in [0.15, 0.2) is 0 Å². The lowest BCUT2D eigenvalue weighted by Crippen LogP contribution is -2.20. The molecule has 0 heterocycles. The number of aliphatic hydroxyl groups excluding tert-OH is 1. The van der Waals surface area contributed by atoms with Crippen molar-refractivity contribution in [2.45, 2.75) is 60.0 Å². The highest BCUT2D eigenvalue weighted by Gasteiger charge is 2.21. The first kappa shape index (κ1) is 14.9. The van der Waals surface area contributed by atoms with Crippen LogP contribution in [0.4, 0.5) is 0 Å². The van der Waals surface area contributed by atoms with Crippen LogP contribution in [0.3, 0.4) is 0 Å². The zero-order valence-electron chi connectivity index (χ0n) is 11.0. The normalized spacial score (nSPS) is 14.6. The summed E-state index contributed by atoms with van der Waals surface area (Å²) in [6, 6.07) is 0. The first-order valence-corrected chi connectivity index (χ1v) is 6.16. The molecule has 92 valence electrons. The van der Waals surface area contributed by atoms with Crippen LogP contribution in [-0.2, 0) is 4.74 Å². The Hall–Kier alpha value is -0.0800. The average Bonchev–Trinajstić information content (AvgIpc) is 2.16. The molecule has 0 bridgehead atoms. The maximum atomic E-state index is 9.28. The number of aliphatic hydroxyl groups is 1. The monoisotopic (exact) mass is 216 g/mol. The minimum atomic E-state index is -0.289. The van der Waals surface area contributed by atoms with Gasteiger partial charge in [0.15, 0.2) is 0 Å². The van der Waals surface area contributed by atoms with Crippen LogP contribution in [0.5, 0.6) is 0 Å². The largest absolute Gasteiger partial charge is 0.391 e. The Labute approximate surface area is 95.0 Å². The average molecular weight is 216 g/mol. The van der Waals surface area contributed by atoms with Gasteiger partial charge >= 0.3 is 0 Å². The molecule has 0 amide bonds. The lowest BCUT2D eigenvalue weighted by Gasteiger charge is -2.29. The van der Waals surface area contributed by atoms with E-state index in [1.165, 1.54) is 6.42 Å². The van der Waals surface area contributed by atoms with E-state index in [0.29, 0.717) is 17.9 Å². The Bertz CT molecular complexity index is 153. The smallest absolute Gasteiger partial charge is 0.0771 e. The van der Waals surface area contributed by atoms with Crippen LogP contribution in [0.1, 0.15) is 53.9 Å². The van der Waals surface area contributed by atoms with Crippen LogP contribution < -0.4 is 0 Å². The standard InChI is InChI=1S/C13H28O2/c1-6-12(14)10-15-9-7-8-13(4,5)11(2)3/h11-12,14H,6-10H2,1-5H3. The number of hydrogen-bond donors (Lipinski definition) is 1. The molecule has 0 saturated carbocycles. The van der Waals surface area contributed by atoms with E-state index in [2.05, 4.69) is 27.7 Å². The van der Waals surface area contributed by atoms with Gasteiger partial charge in [0, 0.05) is 6.61 Å². The highest BCUT2D eigenvalue weighted by Crippen LogP contribution is 2.31. The topological polar surface area (TPSA) is 29.5 Å². The van der Waals surface area contributed by atoms with Crippen LogP contribution in [-0.4, -0.2) is 24.4 Å². The summed E-state index contributed by atoms with van der Waals surface area (Å²) in [5, 5.41) is 9.28. The van der Waals surface area contributed by atoms with Gasteiger partial charge in [0.05, 0.1) is 12.7 Å². The Morgan fingerprint density at radius 3 is 2.33 bits per heavy atom. The highest BCUT2D eigenvalue weighted by molar-refractivity contribution is 4.71. The molecular weight excluding hydrogens is 188 g/mol. The fourth-order valence-electron chi connectivity index (χ4n) is 1.26. The van der Waals surface area contributed by atoms with Crippen LogP contribution in [0.25, 0.3) is 0 Å². The minimum absolute atomic E-state index is 0.289. The summed E-state index contributed by atoms with van der Waals surface area (Å²) in [5.41, 5.74) is 0.396. The third kappa shape index (κ3) is 6.91. The van der Waals surface area contributed by atoms with Gasteiger partial charge in [0.25, 0.3) is 0 Å². The van der Waals surface area contributed by atoms with Crippen LogP contribution >= 0.6 is 0 Å². The van der Waals surface area contributed by atoms with Gasteiger partial charge in [-0.25, -0.2) is 0 Å². The van der Waals surface area contributed by atoms with Crippen molar-refractivity contribution in [2.75, 3.05) is 13.2 Å². The van der Waals surface area contributed by atoms with Crippen LogP contribution in [0.2, 0.25) is 0 Å². The Balaban J connectivity index is 3.46. The van der Waals surface area contributed by atoms with E-state index in [1.807, 2.05) is 6.92 Å². The van der Waals surface area contributed by atoms with Crippen molar-refractivity contribution in [1.82, 2.24) is 0 Å². The van der Waals surface area contributed by atoms with E-state index in [9.17, 15) is 5.11 Å². The summed E-state index contributed by atoms with van der Waals surface area (Å²) in [6.07, 6.45) is 2.76. The van der Waals surface area contributed by atoms with Gasteiger partial charge in [-0.1, -0.05) is 34.6 Å². The predicted molar refractivity (Wildman–Crippen MR) is 65.0 cm³/mol. The Kier molecular flexibility index (Phi) is 7.20. The predicted octanol–water partition coefficient (Wildman–Crippen LogP) is 3.24. The first-order valence-electron chi connectivity index (χ1n) is 6.16. The van der Waals surface area contributed by atoms with Gasteiger partial charge in [-0.2, -0.15) is 0 Å². The summed E-state index contributed by atoms with van der Waals surface area (Å²) in [6.45, 7) is 12.4. The molecule has 0 fully saturated rings. The van der Waals surface area contributed by atoms with Crippen molar-refractivity contribution in [1.29, 1.82) is 0 Å². The molecule has 0 rings (SSSR count). The van der Waals surface area contributed by atoms with Gasteiger partial charge in [-0.15, -0.1) is 0 Å². The molecule has 15 heavy (non-hydrogen) atoms. The van der Waals surface area contributed by atoms with Crippen molar-refractivity contribution in [3.05, 3.63) is 0 Å². The minimum Gasteiger partial charge on any atom is -0.391 e. The summed E-state index contributed by atoms with van der Waals surface area (Å²) in [4.78, 5) is 0. The fourth-order valence-corrected chi connectivity index (χ4v) is 1.26. The molecule has 0 radical (unpaired) electrons. The molecule has 1 atom stereocenters. The fraction of sp³-hybridized carbons (Fsp3) is 1.00. The molecular formula is C13H28O2. The van der Waals surface area contributed by atoms with Gasteiger partial charge in [-0.05, 0) is 30.6 Å². The molecule has 0 spiro atoms. The molecule has 0 aromatic carbocycles. The first-order chi connectivity index (χ1) is 6.90. The van der Waals surface area contributed by atoms with Crippen LogP contribution in [0, 0.1) is 11.3 Å². The zero-order chi connectivity index (χ0) is 11.9. The van der Waals surface area contributed by atoms with Gasteiger partial charge in [-0.3, -0.25) is 0 Å². The molecule has 0 aromatic heterocycles. The maximum Gasteiger partial charge on any atom is 0.0771 e. The highest BCUT2D eigenvalue weighted by atomic mass is 16.5. The second-order valence-corrected chi connectivity index (χ2v) is 5.38. The van der Waals surface area contributed by atoms with Crippen molar-refractivity contribution >= 4 is 0 Å². The molecule has 2 nitrogen and oxygen atoms in total. The maximum absolute atomic E-state index is 9.28. The molecule has 1 unspecified atom stereocenters. The van der Waals surface area contributed by atoms with E-state index in [0.717, 1.165) is 19.4 Å². The summed E-state index contributed by atoms with van der Waals surface area (Å²) >= 11 is 0. The molecule has 1 N–H and O–H groups in total. The number of rotatable bonds is 8.